The summed E-state index contributed by atoms with van der Waals surface area (Å²) in [5.41, 5.74) is 7.01. The molecule has 1 aliphatic carbocycles. The third-order valence-electron chi connectivity index (χ3n) is 7.40. The maximum atomic E-state index is 2.38. The molecular weight excluding hydrogens is 384 g/mol. The van der Waals surface area contributed by atoms with Crippen molar-refractivity contribution in [1.82, 2.24) is 0 Å². The van der Waals surface area contributed by atoms with Gasteiger partial charge in [0.25, 0.3) is 0 Å². The van der Waals surface area contributed by atoms with Crippen molar-refractivity contribution in [2.75, 3.05) is 0 Å². The topological polar surface area (TPSA) is 0 Å². The fourth-order valence-electron chi connectivity index (χ4n) is 5.32. The highest BCUT2D eigenvalue weighted by atomic mass is 14.3. The van der Waals surface area contributed by atoms with Gasteiger partial charge < -0.3 is 0 Å². The van der Waals surface area contributed by atoms with E-state index in [-0.39, 0.29) is 0 Å². The van der Waals surface area contributed by atoms with E-state index >= 15 is 0 Å². The van der Waals surface area contributed by atoms with E-state index < -0.39 is 0 Å². The molecule has 166 valence electrons. The molecule has 0 aliphatic heterocycles. The normalized spacial score (nSPS) is 19.8. The molecule has 0 radical (unpaired) electrons. The van der Waals surface area contributed by atoms with Crippen LogP contribution in [0.3, 0.4) is 0 Å². The van der Waals surface area contributed by atoms with Crippen LogP contribution < -0.4 is 0 Å². The summed E-state index contributed by atoms with van der Waals surface area (Å²) in [6.07, 6.45) is 13.7. The smallest absolute Gasteiger partial charge is 0.0150 e. The molecule has 0 N–H and O–H groups in total. The van der Waals surface area contributed by atoms with Gasteiger partial charge in [-0.25, -0.2) is 0 Å². The van der Waals surface area contributed by atoms with Crippen LogP contribution in [0.25, 0.3) is 11.1 Å². The first kappa shape index (κ1) is 22.6. The Balaban J connectivity index is 1.32. The monoisotopic (exact) mass is 422 g/mol. The Labute approximate surface area is 195 Å². The molecule has 3 aromatic rings. The molecule has 1 atom stereocenters. The molecule has 0 spiro atoms. The van der Waals surface area contributed by atoms with Crippen molar-refractivity contribution >= 4 is 0 Å². The van der Waals surface area contributed by atoms with Gasteiger partial charge in [0.2, 0.25) is 0 Å². The number of allylic oxidation sites excluding steroid dienone is 2. The summed E-state index contributed by atoms with van der Waals surface area (Å²) in [7, 11) is 0. The fraction of sp³-hybridized carbons (Fsp3) is 0.375. The molecule has 0 saturated heterocycles. The highest BCUT2D eigenvalue weighted by Gasteiger charge is 2.21. The van der Waals surface area contributed by atoms with Gasteiger partial charge in [-0.2, -0.15) is 0 Å². The van der Waals surface area contributed by atoms with E-state index in [9.17, 15) is 0 Å². The Morgan fingerprint density at radius 3 is 2.03 bits per heavy atom. The van der Waals surface area contributed by atoms with Gasteiger partial charge in [-0.05, 0) is 97.4 Å². The Kier molecular flexibility index (Phi) is 7.99. The van der Waals surface area contributed by atoms with Gasteiger partial charge in [-0.15, -0.1) is 0 Å². The van der Waals surface area contributed by atoms with E-state index in [1.54, 1.807) is 0 Å². The third kappa shape index (κ3) is 6.00. The van der Waals surface area contributed by atoms with Gasteiger partial charge in [0.05, 0.1) is 0 Å². The molecule has 3 aromatic carbocycles. The number of hydrogen-bond acceptors (Lipinski definition) is 0. The summed E-state index contributed by atoms with van der Waals surface area (Å²) in [4.78, 5) is 0. The summed E-state index contributed by atoms with van der Waals surface area (Å²) in [6.45, 7) is 4.44. The van der Waals surface area contributed by atoms with Crippen LogP contribution in [0.15, 0.2) is 91.0 Å². The van der Waals surface area contributed by atoms with Crippen LogP contribution in [0.1, 0.15) is 80.9 Å². The lowest BCUT2D eigenvalue weighted by atomic mass is 9.77. The summed E-state index contributed by atoms with van der Waals surface area (Å²) >= 11 is 0. The first-order valence-corrected chi connectivity index (χ1v) is 12.6. The lowest BCUT2D eigenvalue weighted by molar-refractivity contribution is 0.312. The average Bonchev–Trinajstić information content (AvgIpc) is 2.86. The zero-order valence-electron chi connectivity index (χ0n) is 19.8. The van der Waals surface area contributed by atoms with E-state index in [1.807, 2.05) is 0 Å². The third-order valence-corrected chi connectivity index (χ3v) is 7.40. The predicted molar refractivity (Wildman–Crippen MR) is 139 cm³/mol. The highest BCUT2D eigenvalue weighted by molar-refractivity contribution is 5.64. The first-order valence-electron chi connectivity index (χ1n) is 12.6. The van der Waals surface area contributed by atoms with Crippen LogP contribution in [0.5, 0.6) is 0 Å². The maximum absolute atomic E-state index is 2.38. The van der Waals surface area contributed by atoms with Crippen LogP contribution in [-0.4, -0.2) is 0 Å². The van der Waals surface area contributed by atoms with Crippen molar-refractivity contribution < 1.29 is 0 Å². The summed E-state index contributed by atoms with van der Waals surface area (Å²) in [5.74, 6) is 2.23. The molecule has 0 bridgehead atoms. The second-order valence-corrected chi connectivity index (χ2v) is 9.70. The minimum atomic E-state index is 0.541. The fourth-order valence-corrected chi connectivity index (χ4v) is 5.32. The SMILES string of the molecule is C/C=C/CCC1CCC(c2ccc(-c3ccc(C[C@@H](C)c4ccccc4)cc3)cc2)CC1. The van der Waals surface area contributed by atoms with E-state index in [1.165, 1.54) is 66.3 Å². The van der Waals surface area contributed by atoms with Crippen molar-refractivity contribution in [3.8, 4) is 11.1 Å². The summed E-state index contributed by atoms with van der Waals surface area (Å²) in [6, 6.07) is 29.4. The minimum Gasteiger partial charge on any atom is -0.0917 e. The number of benzene rings is 3. The second kappa shape index (κ2) is 11.3. The van der Waals surface area contributed by atoms with Gasteiger partial charge in [-0.1, -0.05) is 97.9 Å². The molecule has 1 saturated carbocycles. The van der Waals surface area contributed by atoms with Crippen molar-refractivity contribution in [2.45, 2.75) is 70.6 Å². The molecule has 1 fully saturated rings. The van der Waals surface area contributed by atoms with Gasteiger partial charge >= 0.3 is 0 Å². The van der Waals surface area contributed by atoms with Crippen LogP contribution in [0.4, 0.5) is 0 Å². The molecule has 0 amide bonds. The quantitative estimate of drug-likeness (QED) is 0.317. The molecule has 0 unspecified atom stereocenters. The Bertz CT molecular complexity index is 955. The van der Waals surface area contributed by atoms with Crippen LogP contribution in [-0.2, 0) is 6.42 Å². The Morgan fingerprint density at radius 2 is 1.41 bits per heavy atom. The van der Waals surface area contributed by atoms with Gasteiger partial charge in [0, 0.05) is 0 Å². The molecular formula is C32H38. The molecule has 0 aromatic heterocycles. The van der Waals surface area contributed by atoms with Crippen LogP contribution >= 0.6 is 0 Å². The number of hydrogen-bond donors (Lipinski definition) is 0. The second-order valence-electron chi connectivity index (χ2n) is 9.70. The first-order chi connectivity index (χ1) is 15.7. The van der Waals surface area contributed by atoms with E-state index in [4.69, 9.17) is 0 Å². The standard InChI is InChI=1S/C32H38/c1-3-4-6-9-26-12-16-29(17-13-26)31-20-22-32(23-21-31)30-18-14-27(15-19-30)24-25(2)28-10-7-5-8-11-28/h3-5,7-8,10-11,14-15,18-23,25-26,29H,6,9,12-13,16-17,24H2,1-2H3/b4-3+/t25-,26?,29?/m1/s1. The van der Waals surface area contributed by atoms with Crippen molar-refractivity contribution in [3.05, 3.63) is 108 Å². The summed E-state index contributed by atoms with van der Waals surface area (Å²) < 4.78 is 0. The van der Waals surface area contributed by atoms with E-state index in [0.29, 0.717) is 5.92 Å². The molecule has 4 rings (SSSR count). The average molecular weight is 423 g/mol. The summed E-state index contributed by atoms with van der Waals surface area (Å²) in [5, 5.41) is 0. The number of rotatable bonds is 8. The van der Waals surface area contributed by atoms with Gasteiger partial charge in [0.1, 0.15) is 0 Å². The minimum absolute atomic E-state index is 0.541. The lowest BCUT2D eigenvalue weighted by Gasteiger charge is -2.28. The zero-order chi connectivity index (χ0) is 22.2. The lowest BCUT2D eigenvalue weighted by Crippen LogP contribution is -2.13. The molecule has 0 heterocycles. The molecule has 0 heteroatoms. The predicted octanol–water partition coefficient (Wildman–Crippen LogP) is 9.33. The van der Waals surface area contributed by atoms with E-state index in [2.05, 4.69) is 105 Å². The van der Waals surface area contributed by atoms with E-state index in [0.717, 1.165) is 18.3 Å². The zero-order valence-corrected chi connectivity index (χ0v) is 19.8. The molecule has 1 aliphatic rings. The van der Waals surface area contributed by atoms with Crippen molar-refractivity contribution in [2.24, 2.45) is 5.92 Å². The maximum Gasteiger partial charge on any atom is -0.0150 e. The Hall–Kier alpha value is -2.60. The van der Waals surface area contributed by atoms with Gasteiger partial charge in [-0.3, -0.25) is 0 Å². The van der Waals surface area contributed by atoms with Crippen molar-refractivity contribution in [3.63, 3.8) is 0 Å². The highest BCUT2D eigenvalue weighted by Crippen LogP contribution is 2.38. The van der Waals surface area contributed by atoms with Crippen molar-refractivity contribution in [1.29, 1.82) is 0 Å². The van der Waals surface area contributed by atoms with Crippen LogP contribution in [0.2, 0.25) is 0 Å². The molecule has 32 heavy (non-hydrogen) atoms. The van der Waals surface area contributed by atoms with Gasteiger partial charge in [0.15, 0.2) is 0 Å². The largest absolute Gasteiger partial charge is 0.0917 e. The van der Waals surface area contributed by atoms with Crippen LogP contribution in [0, 0.1) is 5.92 Å². The molecule has 0 nitrogen and oxygen atoms in total. The Morgan fingerprint density at radius 1 is 0.781 bits per heavy atom.